The zero-order valence-electron chi connectivity index (χ0n) is 13.0. The molecule has 2 aromatic rings. The summed E-state index contributed by atoms with van der Waals surface area (Å²) in [5.41, 5.74) is 0.765. The van der Waals surface area contributed by atoms with E-state index in [1.54, 1.807) is 18.3 Å². The van der Waals surface area contributed by atoms with Gasteiger partial charge in [-0.3, -0.25) is 0 Å². The lowest BCUT2D eigenvalue weighted by atomic mass is 10.1. The Kier molecular flexibility index (Phi) is 5.20. The molecule has 122 valence electrons. The van der Waals surface area contributed by atoms with E-state index in [9.17, 15) is 9.50 Å². The molecule has 2 heterocycles. The van der Waals surface area contributed by atoms with Crippen LogP contribution in [0.5, 0.6) is 0 Å². The fourth-order valence-electron chi connectivity index (χ4n) is 3.00. The Balaban J connectivity index is 1.45. The molecule has 2 atom stereocenters. The lowest BCUT2D eigenvalue weighted by molar-refractivity contribution is 0.124. The third-order valence-electron chi connectivity index (χ3n) is 4.29. The number of rotatable bonds is 6. The second kappa shape index (κ2) is 7.53. The van der Waals surface area contributed by atoms with Gasteiger partial charge in [-0.25, -0.2) is 9.37 Å². The Hall–Kier alpha value is -1.98. The van der Waals surface area contributed by atoms with Crippen LogP contribution in [-0.4, -0.2) is 41.2 Å². The van der Waals surface area contributed by atoms with Crippen LogP contribution in [0, 0.1) is 11.7 Å². The van der Waals surface area contributed by atoms with Crippen molar-refractivity contribution in [1.82, 2.24) is 9.88 Å². The molecule has 4 nitrogen and oxygen atoms in total. The van der Waals surface area contributed by atoms with Gasteiger partial charge in [-0.2, -0.15) is 0 Å². The number of likely N-dealkylation sites (tertiary alicyclic amines) is 1. The second-order valence-corrected chi connectivity index (χ2v) is 6.08. The molecule has 0 radical (unpaired) electrons. The van der Waals surface area contributed by atoms with Crippen LogP contribution < -0.4 is 5.32 Å². The van der Waals surface area contributed by atoms with E-state index in [4.69, 9.17) is 0 Å². The van der Waals surface area contributed by atoms with Crippen molar-refractivity contribution in [3.8, 4) is 0 Å². The Labute approximate surface area is 136 Å². The number of aliphatic hydroxyl groups excluding tert-OH is 1. The first-order chi connectivity index (χ1) is 11.2. The third kappa shape index (κ3) is 4.50. The van der Waals surface area contributed by atoms with Gasteiger partial charge in [0, 0.05) is 25.8 Å². The van der Waals surface area contributed by atoms with Crippen LogP contribution in [0.3, 0.4) is 0 Å². The maximum Gasteiger partial charge on any atom is 0.125 e. The number of halogens is 1. The van der Waals surface area contributed by atoms with Crippen LogP contribution in [0.25, 0.3) is 0 Å². The van der Waals surface area contributed by atoms with Crippen LogP contribution in [0.1, 0.15) is 18.1 Å². The average Bonchev–Trinajstić information content (AvgIpc) is 3.02. The highest BCUT2D eigenvalue weighted by Gasteiger charge is 2.24. The van der Waals surface area contributed by atoms with Gasteiger partial charge in [0.05, 0.1) is 6.10 Å². The molecule has 1 saturated heterocycles. The third-order valence-corrected chi connectivity index (χ3v) is 4.29. The van der Waals surface area contributed by atoms with Gasteiger partial charge in [-0.1, -0.05) is 18.2 Å². The summed E-state index contributed by atoms with van der Waals surface area (Å²) < 4.78 is 12.9. The zero-order valence-corrected chi connectivity index (χ0v) is 13.0. The first-order valence-corrected chi connectivity index (χ1v) is 8.01. The molecule has 0 unspecified atom stereocenters. The minimum atomic E-state index is -0.571. The number of hydrogen-bond acceptors (Lipinski definition) is 4. The van der Waals surface area contributed by atoms with Gasteiger partial charge in [-0.05, 0) is 48.7 Å². The monoisotopic (exact) mass is 315 g/mol. The quantitative estimate of drug-likeness (QED) is 0.860. The number of pyridine rings is 1. The van der Waals surface area contributed by atoms with Crippen molar-refractivity contribution in [2.45, 2.75) is 12.5 Å². The molecule has 2 N–H and O–H groups in total. The zero-order chi connectivity index (χ0) is 16.1. The summed E-state index contributed by atoms with van der Waals surface area (Å²) in [6, 6.07) is 11.9. The summed E-state index contributed by atoms with van der Waals surface area (Å²) >= 11 is 0. The first kappa shape index (κ1) is 15.9. The number of aliphatic hydroxyl groups is 1. The van der Waals surface area contributed by atoms with Crippen LogP contribution >= 0.6 is 0 Å². The maximum absolute atomic E-state index is 12.9. The second-order valence-electron chi connectivity index (χ2n) is 6.08. The number of nitrogens with zero attached hydrogens (tertiary/aromatic N) is 2. The van der Waals surface area contributed by atoms with Gasteiger partial charge in [0.15, 0.2) is 0 Å². The summed E-state index contributed by atoms with van der Waals surface area (Å²) in [5.74, 6) is 1.18. The largest absolute Gasteiger partial charge is 0.387 e. The predicted molar refractivity (Wildman–Crippen MR) is 88.6 cm³/mol. The van der Waals surface area contributed by atoms with Crippen molar-refractivity contribution in [3.63, 3.8) is 0 Å². The maximum atomic E-state index is 12.9. The molecule has 0 amide bonds. The van der Waals surface area contributed by atoms with Crippen LogP contribution in [-0.2, 0) is 0 Å². The average molecular weight is 315 g/mol. The van der Waals surface area contributed by atoms with Crippen molar-refractivity contribution >= 4 is 5.82 Å². The molecule has 0 aliphatic carbocycles. The first-order valence-electron chi connectivity index (χ1n) is 8.01. The van der Waals surface area contributed by atoms with E-state index in [1.165, 1.54) is 12.1 Å². The normalized spacial score (nSPS) is 19.7. The molecule has 1 aliphatic rings. The highest BCUT2D eigenvalue weighted by molar-refractivity contribution is 5.33. The van der Waals surface area contributed by atoms with Crippen LogP contribution in [0.15, 0.2) is 48.7 Å². The molecular weight excluding hydrogens is 293 g/mol. The molecule has 0 spiro atoms. The van der Waals surface area contributed by atoms with Gasteiger partial charge in [-0.15, -0.1) is 0 Å². The van der Waals surface area contributed by atoms with Crippen molar-refractivity contribution < 1.29 is 9.50 Å². The van der Waals surface area contributed by atoms with E-state index in [2.05, 4.69) is 15.2 Å². The smallest absolute Gasteiger partial charge is 0.125 e. The van der Waals surface area contributed by atoms with Gasteiger partial charge >= 0.3 is 0 Å². The molecule has 0 saturated carbocycles. The van der Waals surface area contributed by atoms with Gasteiger partial charge in [0.25, 0.3) is 0 Å². The number of benzene rings is 1. The number of aromatic nitrogens is 1. The minimum Gasteiger partial charge on any atom is -0.387 e. The molecular formula is C18H22FN3O. The van der Waals surface area contributed by atoms with Crippen LogP contribution in [0.2, 0.25) is 0 Å². The Bertz CT molecular complexity index is 605. The fraction of sp³-hybridized carbons (Fsp3) is 0.389. The molecule has 1 aliphatic heterocycles. The summed E-state index contributed by atoms with van der Waals surface area (Å²) in [6.07, 6.45) is 2.32. The van der Waals surface area contributed by atoms with E-state index in [1.807, 2.05) is 18.2 Å². The number of hydrogen-bond donors (Lipinski definition) is 2. The molecule has 1 fully saturated rings. The Morgan fingerprint density at radius 2 is 2.09 bits per heavy atom. The molecule has 0 bridgehead atoms. The predicted octanol–water partition coefficient (Wildman–Crippen LogP) is 2.69. The number of anilines is 1. The van der Waals surface area contributed by atoms with Crippen molar-refractivity contribution in [2.75, 3.05) is 31.5 Å². The fourth-order valence-corrected chi connectivity index (χ4v) is 3.00. The molecule has 1 aromatic carbocycles. The lowest BCUT2D eigenvalue weighted by Crippen LogP contribution is -2.27. The summed E-state index contributed by atoms with van der Waals surface area (Å²) in [7, 11) is 0. The lowest BCUT2D eigenvalue weighted by Gasteiger charge is -2.20. The number of β-amino-alcohol motifs (C(OH)–C–C–N with tert-alkyl or cyclic N) is 1. The van der Waals surface area contributed by atoms with Gasteiger partial charge in [0.1, 0.15) is 11.6 Å². The Morgan fingerprint density at radius 3 is 2.83 bits per heavy atom. The molecule has 5 heteroatoms. The van der Waals surface area contributed by atoms with Crippen LogP contribution in [0.4, 0.5) is 10.2 Å². The van der Waals surface area contributed by atoms with E-state index < -0.39 is 6.10 Å². The summed E-state index contributed by atoms with van der Waals surface area (Å²) in [5, 5.41) is 13.6. The van der Waals surface area contributed by atoms with Gasteiger partial charge in [0.2, 0.25) is 0 Å². The van der Waals surface area contributed by atoms with E-state index >= 15 is 0 Å². The molecule has 23 heavy (non-hydrogen) atoms. The SMILES string of the molecule is O[C@@H](CN1CC[C@H](CNc2ccccn2)C1)c1ccc(F)cc1. The van der Waals surface area contributed by atoms with E-state index in [0.717, 1.165) is 37.4 Å². The Morgan fingerprint density at radius 1 is 1.26 bits per heavy atom. The van der Waals surface area contributed by atoms with Crippen molar-refractivity contribution in [2.24, 2.45) is 5.92 Å². The number of nitrogens with one attached hydrogen (secondary N) is 1. The van der Waals surface area contributed by atoms with E-state index in [-0.39, 0.29) is 5.82 Å². The van der Waals surface area contributed by atoms with Crippen molar-refractivity contribution in [1.29, 1.82) is 0 Å². The standard InChI is InChI=1S/C18H22FN3O/c19-16-6-4-15(5-7-16)17(23)13-22-10-8-14(12-22)11-21-18-3-1-2-9-20-18/h1-7,9,14,17,23H,8,10-13H2,(H,20,21)/t14-,17+/m1/s1. The molecule has 1 aromatic heterocycles. The van der Waals surface area contributed by atoms with Gasteiger partial charge < -0.3 is 15.3 Å². The molecule has 3 rings (SSSR count). The topological polar surface area (TPSA) is 48.4 Å². The van der Waals surface area contributed by atoms with Crippen molar-refractivity contribution in [3.05, 3.63) is 60.0 Å². The highest BCUT2D eigenvalue weighted by atomic mass is 19.1. The summed E-state index contributed by atoms with van der Waals surface area (Å²) in [4.78, 5) is 6.52. The summed E-state index contributed by atoms with van der Waals surface area (Å²) in [6.45, 7) is 3.41. The highest BCUT2D eigenvalue weighted by Crippen LogP contribution is 2.21. The van der Waals surface area contributed by atoms with E-state index in [0.29, 0.717) is 12.5 Å². The minimum absolute atomic E-state index is 0.275.